The molecule has 0 bridgehead atoms. The Morgan fingerprint density at radius 2 is 1.95 bits per heavy atom. The van der Waals surface area contributed by atoms with Crippen LogP contribution in [0.5, 0.6) is 0 Å². The number of thioether (sulfide) groups is 1. The number of benzene rings is 1. The molecule has 2 rings (SSSR count). The maximum atomic E-state index is 10.9. The Morgan fingerprint density at radius 1 is 1.26 bits per heavy atom. The van der Waals surface area contributed by atoms with Gasteiger partial charge in [0, 0.05) is 23.6 Å². The van der Waals surface area contributed by atoms with Gasteiger partial charge in [0.25, 0.3) is 0 Å². The van der Waals surface area contributed by atoms with Gasteiger partial charge in [-0.2, -0.15) is 0 Å². The summed E-state index contributed by atoms with van der Waals surface area (Å²) in [6, 6.07) is 10.5. The Labute approximate surface area is 119 Å². The number of carbonyl (C=O) groups is 1. The fourth-order valence-electron chi connectivity index (χ4n) is 2.51. The predicted molar refractivity (Wildman–Crippen MR) is 80.1 cm³/mol. The number of hydrogen-bond donors (Lipinski definition) is 1. The summed E-state index contributed by atoms with van der Waals surface area (Å²) in [7, 11) is 0. The van der Waals surface area contributed by atoms with Gasteiger partial charge < -0.3 is 10.6 Å². The first kappa shape index (κ1) is 14.4. The van der Waals surface area contributed by atoms with Gasteiger partial charge in [0.05, 0.1) is 0 Å². The molecule has 0 aromatic heterocycles. The van der Waals surface area contributed by atoms with Crippen LogP contribution in [0.25, 0.3) is 0 Å². The highest BCUT2D eigenvalue weighted by Crippen LogP contribution is 2.21. The zero-order chi connectivity index (χ0) is 13.5. The highest BCUT2D eigenvalue weighted by Gasteiger charge is 2.20. The van der Waals surface area contributed by atoms with Crippen LogP contribution in [0, 0.1) is 5.92 Å². The lowest BCUT2D eigenvalue weighted by Gasteiger charge is -2.31. The van der Waals surface area contributed by atoms with E-state index in [0.29, 0.717) is 12.3 Å². The van der Waals surface area contributed by atoms with Crippen LogP contribution in [0.2, 0.25) is 0 Å². The van der Waals surface area contributed by atoms with Crippen LogP contribution in [0.3, 0.4) is 0 Å². The third-order valence-electron chi connectivity index (χ3n) is 3.62. The summed E-state index contributed by atoms with van der Waals surface area (Å²) in [4.78, 5) is 14.7. The molecule has 0 atom stereocenters. The molecular formula is C15H22N2OS. The molecule has 3 nitrogen and oxygen atoms in total. The first-order valence-electron chi connectivity index (χ1n) is 6.92. The average Bonchev–Trinajstić information content (AvgIpc) is 2.41. The van der Waals surface area contributed by atoms with E-state index in [0.717, 1.165) is 38.2 Å². The van der Waals surface area contributed by atoms with E-state index in [-0.39, 0.29) is 5.91 Å². The highest BCUT2D eigenvalue weighted by atomic mass is 32.2. The fraction of sp³-hybridized carbons (Fsp3) is 0.533. The van der Waals surface area contributed by atoms with Gasteiger partial charge in [-0.25, -0.2) is 0 Å². The molecule has 1 saturated heterocycles. The van der Waals surface area contributed by atoms with Crippen LogP contribution < -0.4 is 5.73 Å². The summed E-state index contributed by atoms with van der Waals surface area (Å²) >= 11 is 1.91. The maximum Gasteiger partial charge on any atom is 0.217 e. The van der Waals surface area contributed by atoms with Gasteiger partial charge in [0.1, 0.15) is 0 Å². The molecule has 0 spiro atoms. The SMILES string of the molecule is NC(=O)CC1CCN(CCSc2ccccc2)CC1. The lowest BCUT2D eigenvalue weighted by atomic mass is 9.93. The van der Waals surface area contributed by atoms with E-state index in [2.05, 4.69) is 29.2 Å². The van der Waals surface area contributed by atoms with Crippen LogP contribution in [0.4, 0.5) is 0 Å². The maximum absolute atomic E-state index is 10.9. The molecule has 1 heterocycles. The number of hydrogen-bond acceptors (Lipinski definition) is 3. The molecule has 1 aliphatic rings. The molecule has 19 heavy (non-hydrogen) atoms. The molecule has 1 amide bonds. The Kier molecular flexibility index (Phi) is 5.73. The lowest BCUT2D eigenvalue weighted by molar-refractivity contribution is -0.119. The second kappa shape index (κ2) is 7.56. The van der Waals surface area contributed by atoms with Crippen LogP contribution in [0.1, 0.15) is 19.3 Å². The van der Waals surface area contributed by atoms with E-state index in [1.807, 2.05) is 17.8 Å². The third kappa shape index (κ3) is 5.25. The van der Waals surface area contributed by atoms with Crippen LogP contribution in [0.15, 0.2) is 35.2 Å². The zero-order valence-corrected chi connectivity index (χ0v) is 12.1. The Hall–Kier alpha value is -1.00. The fourth-order valence-corrected chi connectivity index (χ4v) is 3.44. The van der Waals surface area contributed by atoms with Gasteiger partial charge >= 0.3 is 0 Å². The number of primary amides is 1. The van der Waals surface area contributed by atoms with E-state index in [4.69, 9.17) is 5.73 Å². The van der Waals surface area contributed by atoms with Gasteiger partial charge in [-0.15, -0.1) is 11.8 Å². The minimum absolute atomic E-state index is 0.155. The third-order valence-corrected chi connectivity index (χ3v) is 4.61. The summed E-state index contributed by atoms with van der Waals surface area (Å²) in [6.45, 7) is 3.34. The van der Waals surface area contributed by atoms with Gasteiger partial charge in [-0.3, -0.25) is 4.79 Å². The highest BCUT2D eigenvalue weighted by molar-refractivity contribution is 7.99. The molecule has 104 valence electrons. The van der Waals surface area contributed by atoms with Crippen LogP contribution >= 0.6 is 11.8 Å². The van der Waals surface area contributed by atoms with Crippen molar-refractivity contribution in [2.24, 2.45) is 11.7 Å². The number of nitrogens with zero attached hydrogens (tertiary/aromatic N) is 1. The molecule has 1 aromatic rings. The first-order chi connectivity index (χ1) is 9.24. The molecular weight excluding hydrogens is 256 g/mol. The molecule has 1 fully saturated rings. The molecule has 0 aliphatic carbocycles. The van der Waals surface area contributed by atoms with Crippen LogP contribution in [-0.4, -0.2) is 36.2 Å². The van der Waals surface area contributed by atoms with Gasteiger partial charge in [0.2, 0.25) is 5.91 Å². The topological polar surface area (TPSA) is 46.3 Å². The summed E-state index contributed by atoms with van der Waals surface area (Å²) in [5.41, 5.74) is 5.25. The first-order valence-corrected chi connectivity index (χ1v) is 7.91. The normalized spacial score (nSPS) is 17.5. The molecule has 1 aliphatic heterocycles. The van der Waals surface area contributed by atoms with E-state index < -0.39 is 0 Å². The molecule has 0 radical (unpaired) electrons. The minimum atomic E-state index is -0.155. The smallest absolute Gasteiger partial charge is 0.217 e. The lowest BCUT2D eigenvalue weighted by Crippen LogP contribution is -2.36. The largest absolute Gasteiger partial charge is 0.370 e. The Bertz CT molecular complexity index is 388. The van der Waals surface area contributed by atoms with Crippen molar-refractivity contribution in [3.8, 4) is 0 Å². The van der Waals surface area contributed by atoms with Crippen molar-refractivity contribution in [2.45, 2.75) is 24.2 Å². The van der Waals surface area contributed by atoms with E-state index in [9.17, 15) is 4.79 Å². The molecule has 0 saturated carbocycles. The van der Waals surface area contributed by atoms with Gasteiger partial charge in [-0.1, -0.05) is 18.2 Å². The number of rotatable bonds is 6. The average molecular weight is 278 g/mol. The van der Waals surface area contributed by atoms with Gasteiger partial charge in [0.15, 0.2) is 0 Å². The number of piperidine rings is 1. The van der Waals surface area contributed by atoms with Crippen molar-refractivity contribution >= 4 is 17.7 Å². The van der Waals surface area contributed by atoms with Crippen molar-refractivity contribution in [1.82, 2.24) is 4.90 Å². The summed E-state index contributed by atoms with van der Waals surface area (Å²) in [5, 5.41) is 0. The number of likely N-dealkylation sites (tertiary alicyclic amines) is 1. The molecule has 2 N–H and O–H groups in total. The monoisotopic (exact) mass is 278 g/mol. The summed E-state index contributed by atoms with van der Waals surface area (Å²) in [6.07, 6.45) is 2.78. The van der Waals surface area contributed by atoms with Crippen LogP contribution in [-0.2, 0) is 4.79 Å². The second-order valence-electron chi connectivity index (χ2n) is 5.12. The molecule has 1 aromatic carbocycles. The van der Waals surface area contributed by atoms with Gasteiger partial charge in [-0.05, 0) is 44.0 Å². The second-order valence-corrected chi connectivity index (χ2v) is 6.29. The minimum Gasteiger partial charge on any atom is -0.370 e. The Morgan fingerprint density at radius 3 is 2.58 bits per heavy atom. The van der Waals surface area contributed by atoms with Crippen molar-refractivity contribution < 1.29 is 4.79 Å². The molecule has 0 unspecified atom stereocenters. The standard InChI is InChI=1S/C15H22N2OS/c16-15(18)12-13-6-8-17(9-7-13)10-11-19-14-4-2-1-3-5-14/h1-5,13H,6-12H2,(H2,16,18). The van der Waals surface area contributed by atoms with E-state index in [1.165, 1.54) is 4.90 Å². The number of nitrogens with two attached hydrogens (primary N) is 1. The van der Waals surface area contributed by atoms with E-state index in [1.54, 1.807) is 0 Å². The van der Waals surface area contributed by atoms with Crippen molar-refractivity contribution in [3.05, 3.63) is 30.3 Å². The molecule has 4 heteroatoms. The predicted octanol–water partition coefficient (Wildman–Crippen LogP) is 2.37. The van der Waals surface area contributed by atoms with Crippen molar-refractivity contribution in [2.75, 3.05) is 25.4 Å². The summed E-state index contributed by atoms with van der Waals surface area (Å²) in [5.74, 6) is 1.48. The van der Waals surface area contributed by atoms with Crippen molar-refractivity contribution in [3.63, 3.8) is 0 Å². The summed E-state index contributed by atoms with van der Waals surface area (Å²) < 4.78 is 0. The van der Waals surface area contributed by atoms with E-state index >= 15 is 0 Å². The zero-order valence-electron chi connectivity index (χ0n) is 11.3. The number of carbonyl (C=O) groups excluding carboxylic acids is 1. The quantitative estimate of drug-likeness (QED) is 0.813. The Balaban J connectivity index is 1.62. The van der Waals surface area contributed by atoms with Crippen molar-refractivity contribution in [1.29, 1.82) is 0 Å². The number of amides is 1.